The van der Waals surface area contributed by atoms with Gasteiger partial charge < -0.3 is 24.7 Å². The van der Waals surface area contributed by atoms with Gasteiger partial charge in [-0.25, -0.2) is 4.98 Å². The van der Waals surface area contributed by atoms with E-state index in [2.05, 4.69) is 74.6 Å². The molecule has 1 unspecified atom stereocenters. The Labute approximate surface area is 219 Å². The molecule has 8 heteroatoms. The van der Waals surface area contributed by atoms with Crippen LogP contribution in [0.5, 0.6) is 5.75 Å². The van der Waals surface area contributed by atoms with Crippen molar-refractivity contribution in [1.82, 2.24) is 20.2 Å². The number of ether oxygens (including phenoxy) is 2. The molecule has 2 heterocycles. The van der Waals surface area contributed by atoms with E-state index in [1.54, 1.807) is 7.05 Å². The van der Waals surface area contributed by atoms with E-state index in [-0.39, 0.29) is 30.1 Å². The van der Waals surface area contributed by atoms with Gasteiger partial charge in [-0.05, 0) is 24.1 Å². The summed E-state index contributed by atoms with van der Waals surface area (Å²) in [5.74, 6) is 2.72. The van der Waals surface area contributed by atoms with Gasteiger partial charge in [-0.2, -0.15) is 0 Å². The van der Waals surface area contributed by atoms with Gasteiger partial charge >= 0.3 is 0 Å². The van der Waals surface area contributed by atoms with Crippen LogP contribution in [0, 0.1) is 6.92 Å². The van der Waals surface area contributed by atoms with Gasteiger partial charge in [0, 0.05) is 57.5 Å². The second-order valence-corrected chi connectivity index (χ2v) is 8.27. The summed E-state index contributed by atoms with van der Waals surface area (Å²) in [6, 6.07) is 16.8. The Morgan fingerprint density at radius 2 is 2.06 bits per heavy atom. The third kappa shape index (κ3) is 7.46. The van der Waals surface area contributed by atoms with Crippen LogP contribution in [0.25, 0.3) is 0 Å². The minimum absolute atomic E-state index is 0. The van der Waals surface area contributed by atoms with Crippen molar-refractivity contribution in [2.75, 3.05) is 26.8 Å². The number of aromatic nitrogens is 2. The number of nitrogens with zero attached hydrogens (tertiary/aromatic N) is 3. The number of guanidine groups is 1. The fourth-order valence-corrected chi connectivity index (χ4v) is 3.89. The highest BCUT2D eigenvalue weighted by molar-refractivity contribution is 14.0. The highest BCUT2D eigenvalue weighted by Gasteiger charge is 2.18. The summed E-state index contributed by atoms with van der Waals surface area (Å²) in [7, 11) is 1.79. The summed E-state index contributed by atoms with van der Waals surface area (Å²) >= 11 is 0. The van der Waals surface area contributed by atoms with Crippen LogP contribution in [0.3, 0.4) is 0 Å². The van der Waals surface area contributed by atoms with Crippen molar-refractivity contribution >= 4 is 29.9 Å². The van der Waals surface area contributed by atoms with Crippen LogP contribution in [-0.4, -0.2) is 48.4 Å². The van der Waals surface area contributed by atoms with Crippen LogP contribution in [0.2, 0.25) is 0 Å². The van der Waals surface area contributed by atoms with E-state index < -0.39 is 0 Å². The lowest BCUT2D eigenvalue weighted by atomic mass is 10.1. The van der Waals surface area contributed by atoms with Crippen LogP contribution in [0.4, 0.5) is 0 Å². The molecule has 2 N–H and O–H groups in total. The van der Waals surface area contributed by atoms with Gasteiger partial charge in [0.1, 0.15) is 17.7 Å². The normalized spacial score (nSPS) is 15.6. The number of imidazole rings is 1. The average Bonchev–Trinajstić information content (AvgIpc) is 3.50. The van der Waals surface area contributed by atoms with E-state index in [0.717, 1.165) is 55.6 Å². The maximum Gasteiger partial charge on any atom is 0.191 e. The molecular formula is C26H34IN5O2. The maximum absolute atomic E-state index is 6.21. The Bertz CT molecular complexity index is 1050. The number of nitrogens with one attached hydrogen (secondary N) is 2. The smallest absolute Gasteiger partial charge is 0.191 e. The fourth-order valence-electron chi connectivity index (χ4n) is 3.89. The number of benzene rings is 2. The van der Waals surface area contributed by atoms with Crippen molar-refractivity contribution in [3.8, 4) is 5.75 Å². The molecular weight excluding hydrogens is 541 g/mol. The molecule has 4 rings (SSSR count). The second kappa shape index (κ2) is 13.3. The molecule has 0 aliphatic carbocycles. The van der Waals surface area contributed by atoms with Gasteiger partial charge in [-0.3, -0.25) is 4.99 Å². The molecule has 3 aromatic rings. The van der Waals surface area contributed by atoms with Gasteiger partial charge in [-0.1, -0.05) is 42.5 Å². The van der Waals surface area contributed by atoms with Crippen molar-refractivity contribution in [2.45, 2.75) is 39.0 Å². The first-order chi connectivity index (χ1) is 16.2. The molecule has 1 saturated heterocycles. The molecule has 1 aliphatic rings. The molecule has 34 heavy (non-hydrogen) atoms. The first kappa shape index (κ1) is 26.0. The lowest BCUT2D eigenvalue weighted by Crippen LogP contribution is -2.38. The number of aliphatic imine (C=N–C) groups is 1. The molecule has 0 saturated carbocycles. The Morgan fingerprint density at radius 3 is 2.82 bits per heavy atom. The quantitative estimate of drug-likeness (QED) is 0.230. The predicted molar refractivity (Wildman–Crippen MR) is 146 cm³/mol. The van der Waals surface area contributed by atoms with Crippen LogP contribution >= 0.6 is 24.0 Å². The molecule has 0 bridgehead atoms. The van der Waals surface area contributed by atoms with E-state index in [9.17, 15) is 0 Å². The third-order valence-electron chi connectivity index (χ3n) is 5.71. The van der Waals surface area contributed by atoms with Crippen LogP contribution in [0.15, 0.2) is 65.9 Å². The van der Waals surface area contributed by atoms with Gasteiger partial charge in [0.15, 0.2) is 5.96 Å². The van der Waals surface area contributed by atoms with Crippen molar-refractivity contribution in [3.63, 3.8) is 0 Å². The monoisotopic (exact) mass is 575 g/mol. The maximum atomic E-state index is 6.21. The van der Waals surface area contributed by atoms with E-state index in [0.29, 0.717) is 13.2 Å². The molecule has 0 spiro atoms. The van der Waals surface area contributed by atoms with Crippen molar-refractivity contribution in [1.29, 1.82) is 0 Å². The van der Waals surface area contributed by atoms with Crippen LogP contribution < -0.4 is 15.4 Å². The summed E-state index contributed by atoms with van der Waals surface area (Å²) in [6.07, 6.45) is 5.76. The van der Waals surface area contributed by atoms with E-state index in [1.165, 1.54) is 11.1 Å². The Morgan fingerprint density at radius 1 is 1.21 bits per heavy atom. The van der Waals surface area contributed by atoms with Crippen LogP contribution in [-0.2, 0) is 24.2 Å². The molecule has 1 atom stereocenters. The first-order valence-corrected chi connectivity index (χ1v) is 11.5. The molecule has 0 amide bonds. The molecule has 1 aliphatic heterocycles. The highest BCUT2D eigenvalue weighted by atomic mass is 127. The Kier molecular flexibility index (Phi) is 10.2. The van der Waals surface area contributed by atoms with Gasteiger partial charge in [0.25, 0.3) is 0 Å². The van der Waals surface area contributed by atoms with Crippen molar-refractivity contribution in [2.24, 2.45) is 4.99 Å². The summed E-state index contributed by atoms with van der Waals surface area (Å²) in [4.78, 5) is 8.90. The van der Waals surface area contributed by atoms with Gasteiger partial charge in [0.2, 0.25) is 0 Å². The molecule has 7 nitrogen and oxygen atoms in total. The summed E-state index contributed by atoms with van der Waals surface area (Å²) in [5, 5.41) is 6.80. The van der Waals surface area contributed by atoms with Gasteiger partial charge in [-0.15, -0.1) is 24.0 Å². The predicted octanol–water partition coefficient (Wildman–Crippen LogP) is 3.93. The van der Waals surface area contributed by atoms with Crippen LogP contribution in [0.1, 0.15) is 28.9 Å². The number of halogens is 1. The topological polar surface area (TPSA) is 72.7 Å². The van der Waals surface area contributed by atoms with Crippen molar-refractivity contribution < 1.29 is 9.47 Å². The molecule has 2 aromatic carbocycles. The molecule has 0 radical (unpaired) electrons. The van der Waals surface area contributed by atoms with E-state index in [1.807, 2.05) is 18.5 Å². The zero-order chi connectivity index (χ0) is 22.9. The Hall–Kier alpha value is -2.59. The first-order valence-electron chi connectivity index (χ1n) is 11.5. The lowest BCUT2D eigenvalue weighted by molar-refractivity contribution is 0.140. The standard InChI is InChI=1S/C26H33N5O2.HI/c1-20-8-9-22(24(16-20)33-23-11-15-32-19-23)17-30-26(27-2)29-12-10-25-28-13-14-31(25)18-21-6-4-3-5-7-21;/h3-9,13-14,16,23H,10-12,15,17-19H2,1-2H3,(H2,27,29,30);1H. The van der Waals surface area contributed by atoms with E-state index >= 15 is 0 Å². The fraction of sp³-hybridized carbons (Fsp3) is 0.385. The lowest BCUT2D eigenvalue weighted by Gasteiger charge is -2.18. The number of hydrogen-bond donors (Lipinski definition) is 2. The highest BCUT2D eigenvalue weighted by Crippen LogP contribution is 2.23. The molecule has 1 aromatic heterocycles. The Balaban J connectivity index is 0.00000324. The molecule has 182 valence electrons. The minimum atomic E-state index is 0. The number of hydrogen-bond acceptors (Lipinski definition) is 4. The number of rotatable bonds is 9. The number of aryl methyl sites for hydroxylation is 1. The van der Waals surface area contributed by atoms with Gasteiger partial charge in [0.05, 0.1) is 13.2 Å². The SMILES string of the molecule is CN=C(NCCc1nccn1Cc1ccccc1)NCc1ccc(C)cc1OC1CCOC1.I. The van der Waals surface area contributed by atoms with E-state index in [4.69, 9.17) is 9.47 Å². The summed E-state index contributed by atoms with van der Waals surface area (Å²) in [6.45, 7) is 5.70. The summed E-state index contributed by atoms with van der Waals surface area (Å²) in [5.41, 5.74) is 3.55. The zero-order valence-electron chi connectivity index (χ0n) is 19.9. The second-order valence-electron chi connectivity index (χ2n) is 8.27. The zero-order valence-corrected chi connectivity index (χ0v) is 22.2. The average molecular weight is 575 g/mol. The largest absolute Gasteiger partial charge is 0.488 e. The molecule has 1 fully saturated rings. The van der Waals surface area contributed by atoms with Crippen molar-refractivity contribution in [3.05, 3.63) is 83.4 Å². The summed E-state index contributed by atoms with van der Waals surface area (Å²) < 4.78 is 13.9. The minimum Gasteiger partial charge on any atom is -0.488 e. The third-order valence-corrected chi connectivity index (χ3v) is 5.71.